The standard InChI is InChI=1S/C29H47N11O9/c1-15(2)9-18(24(44)39-20(28(48)49)11-23(42)43)38-26(46)21-6-4-8-40(21)27(47)17(5-3-7-34-29(31)32)37-25(45)19(36-22(41)12-30)10-16-13-33-14-35-16/h13-15,17-21H,3-12,30H2,1-2H3,(H,33,35)(H,36,41)(H,37,45)(H,38,46)(H,39,44)(H,42,43)(H,48,49)(H4,31,32,34)/t17-,18-,19-,20-,21-/m0/s1. The summed E-state index contributed by atoms with van der Waals surface area (Å²) in [7, 11) is 0. The second-order valence-corrected chi connectivity index (χ2v) is 12.0. The molecule has 1 saturated heterocycles. The van der Waals surface area contributed by atoms with Crippen LogP contribution in [0, 0.1) is 5.92 Å². The van der Waals surface area contributed by atoms with Gasteiger partial charge in [0.25, 0.3) is 0 Å². The fraction of sp³-hybridized carbons (Fsp3) is 0.621. The molecule has 1 fully saturated rings. The predicted octanol–water partition coefficient (Wildman–Crippen LogP) is -3.50. The van der Waals surface area contributed by atoms with Crippen molar-refractivity contribution in [2.45, 2.75) is 89.0 Å². The molecule has 0 bridgehead atoms. The van der Waals surface area contributed by atoms with Crippen molar-refractivity contribution < 1.29 is 43.8 Å². The third-order valence-electron chi connectivity index (χ3n) is 7.55. The van der Waals surface area contributed by atoms with Crippen molar-refractivity contribution >= 4 is 47.4 Å². The van der Waals surface area contributed by atoms with Gasteiger partial charge in [0.05, 0.1) is 19.3 Å². The zero-order valence-electron chi connectivity index (χ0n) is 27.5. The van der Waals surface area contributed by atoms with Crippen LogP contribution in [0.3, 0.4) is 0 Å². The smallest absolute Gasteiger partial charge is 0.326 e. The number of aromatic nitrogens is 2. The third kappa shape index (κ3) is 13.4. The lowest BCUT2D eigenvalue weighted by molar-refractivity contribution is -0.147. The number of nitrogens with zero attached hydrogens (tertiary/aromatic N) is 3. The van der Waals surface area contributed by atoms with Crippen LogP contribution in [0.2, 0.25) is 0 Å². The van der Waals surface area contributed by atoms with Crippen LogP contribution in [-0.2, 0) is 40.0 Å². The van der Waals surface area contributed by atoms with E-state index >= 15 is 0 Å². The maximum Gasteiger partial charge on any atom is 0.326 e. The molecule has 2 rings (SSSR count). The lowest BCUT2D eigenvalue weighted by Gasteiger charge is -2.31. The van der Waals surface area contributed by atoms with E-state index in [0.29, 0.717) is 12.1 Å². The Bertz CT molecular complexity index is 1350. The quantitative estimate of drug-likeness (QED) is 0.0360. The number of nitrogens with two attached hydrogens (primary N) is 3. The van der Waals surface area contributed by atoms with E-state index in [0.717, 1.165) is 0 Å². The number of carboxylic acids is 2. The Hall–Kier alpha value is -5.27. The molecular formula is C29H47N11O9. The Morgan fingerprint density at radius 3 is 2.24 bits per heavy atom. The van der Waals surface area contributed by atoms with Gasteiger partial charge in [-0.25, -0.2) is 9.78 Å². The Kier molecular flexibility index (Phi) is 15.9. The summed E-state index contributed by atoms with van der Waals surface area (Å²) in [5, 5.41) is 28.4. The zero-order chi connectivity index (χ0) is 36.7. The second-order valence-electron chi connectivity index (χ2n) is 12.0. The number of guanidine groups is 1. The number of carbonyl (C=O) groups is 7. The van der Waals surface area contributed by atoms with Gasteiger partial charge in [-0.15, -0.1) is 0 Å². The molecular weight excluding hydrogens is 646 g/mol. The molecule has 20 nitrogen and oxygen atoms in total. The Labute approximate surface area is 282 Å². The van der Waals surface area contributed by atoms with Gasteiger partial charge in [-0.1, -0.05) is 13.8 Å². The van der Waals surface area contributed by atoms with Crippen molar-refractivity contribution in [3.63, 3.8) is 0 Å². The first-order valence-electron chi connectivity index (χ1n) is 15.8. The minimum Gasteiger partial charge on any atom is -0.481 e. The molecule has 5 atom stereocenters. The van der Waals surface area contributed by atoms with Crippen LogP contribution < -0.4 is 38.5 Å². The minimum atomic E-state index is -1.73. The fourth-order valence-corrected chi connectivity index (χ4v) is 5.23. The minimum absolute atomic E-state index is 0.00966. The molecule has 1 aromatic rings. The van der Waals surface area contributed by atoms with Gasteiger partial charge in [0, 0.05) is 31.4 Å². The maximum atomic E-state index is 14.0. The third-order valence-corrected chi connectivity index (χ3v) is 7.55. The number of aromatic amines is 1. The highest BCUT2D eigenvalue weighted by Gasteiger charge is 2.40. The number of imidazole rings is 1. The number of likely N-dealkylation sites (tertiary alicyclic amines) is 1. The first kappa shape index (κ1) is 39.9. The summed E-state index contributed by atoms with van der Waals surface area (Å²) in [6, 6.07) is -6.30. The van der Waals surface area contributed by atoms with Crippen molar-refractivity contribution in [3.8, 4) is 0 Å². The second kappa shape index (κ2) is 19.5. The van der Waals surface area contributed by atoms with Crippen LogP contribution in [0.4, 0.5) is 0 Å². The largest absolute Gasteiger partial charge is 0.481 e. The number of nitrogens with one attached hydrogen (secondary N) is 5. The zero-order valence-corrected chi connectivity index (χ0v) is 27.5. The molecule has 1 aliphatic rings. The molecule has 49 heavy (non-hydrogen) atoms. The number of hydrogen-bond donors (Lipinski definition) is 10. The summed E-state index contributed by atoms with van der Waals surface area (Å²) < 4.78 is 0. The summed E-state index contributed by atoms with van der Waals surface area (Å²) in [6.07, 6.45) is 3.08. The normalized spacial score (nSPS) is 16.5. The van der Waals surface area contributed by atoms with Crippen LogP contribution in [0.15, 0.2) is 17.5 Å². The monoisotopic (exact) mass is 693 g/mol. The number of rotatable bonds is 20. The summed E-state index contributed by atoms with van der Waals surface area (Å²) in [4.78, 5) is 101. The van der Waals surface area contributed by atoms with E-state index in [1.54, 1.807) is 13.8 Å². The van der Waals surface area contributed by atoms with Crippen molar-refractivity contribution in [2.24, 2.45) is 28.1 Å². The number of amides is 5. The van der Waals surface area contributed by atoms with E-state index in [2.05, 4.69) is 36.2 Å². The Balaban J connectivity index is 2.28. The van der Waals surface area contributed by atoms with E-state index in [-0.39, 0.29) is 63.6 Å². The first-order valence-corrected chi connectivity index (χ1v) is 15.8. The Morgan fingerprint density at radius 2 is 1.67 bits per heavy atom. The van der Waals surface area contributed by atoms with E-state index in [4.69, 9.17) is 22.3 Å². The van der Waals surface area contributed by atoms with Crippen molar-refractivity contribution in [3.05, 3.63) is 18.2 Å². The summed E-state index contributed by atoms with van der Waals surface area (Å²) in [5.74, 6) is -6.77. The molecule has 0 radical (unpaired) electrons. The number of aliphatic carboxylic acids is 2. The van der Waals surface area contributed by atoms with Gasteiger partial charge in [0.2, 0.25) is 29.5 Å². The average molecular weight is 694 g/mol. The lowest BCUT2D eigenvalue weighted by atomic mass is 10.0. The highest BCUT2D eigenvalue weighted by atomic mass is 16.4. The number of H-pyrrole nitrogens is 1. The summed E-state index contributed by atoms with van der Waals surface area (Å²) >= 11 is 0. The predicted molar refractivity (Wildman–Crippen MR) is 173 cm³/mol. The Morgan fingerprint density at radius 1 is 1.00 bits per heavy atom. The van der Waals surface area contributed by atoms with Crippen LogP contribution in [0.1, 0.15) is 58.1 Å². The van der Waals surface area contributed by atoms with Crippen molar-refractivity contribution in [2.75, 3.05) is 19.6 Å². The van der Waals surface area contributed by atoms with E-state index < -0.39 is 78.1 Å². The molecule has 272 valence electrons. The number of hydrogen-bond acceptors (Lipinski definition) is 10. The topological polar surface area (TPSA) is 330 Å². The highest BCUT2D eigenvalue weighted by molar-refractivity contribution is 5.96. The fourth-order valence-electron chi connectivity index (χ4n) is 5.23. The summed E-state index contributed by atoms with van der Waals surface area (Å²) in [5.41, 5.74) is 16.8. The number of aliphatic imine (C=N–C) groups is 1. The molecule has 13 N–H and O–H groups in total. The van der Waals surface area contributed by atoms with Crippen LogP contribution in [0.25, 0.3) is 0 Å². The molecule has 0 aliphatic carbocycles. The number of carboxylic acid groups (broad SMARTS) is 2. The molecule has 0 spiro atoms. The molecule has 0 unspecified atom stereocenters. The van der Waals surface area contributed by atoms with E-state index in [1.807, 2.05) is 0 Å². The van der Waals surface area contributed by atoms with E-state index in [1.165, 1.54) is 17.4 Å². The van der Waals surface area contributed by atoms with Gasteiger partial charge >= 0.3 is 11.9 Å². The van der Waals surface area contributed by atoms with Gasteiger partial charge in [0.15, 0.2) is 5.96 Å². The van der Waals surface area contributed by atoms with Crippen LogP contribution in [0.5, 0.6) is 0 Å². The van der Waals surface area contributed by atoms with Crippen molar-refractivity contribution in [1.29, 1.82) is 0 Å². The average Bonchev–Trinajstić information content (AvgIpc) is 3.73. The van der Waals surface area contributed by atoms with Crippen LogP contribution >= 0.6 is 0 Å². The number of carbonyl (C=O) groups excluding carboxylic acids is 5. The molecule has 2 heterocycles. The van der Waals surface area contributed by atoms with Gasteiger partial charge in [-0.05, 0) is 38.0 Å². The van der Waals surface area contributed by atoms with Crippen LogP contribution in [-0.4, -0.2) is 122 Å². The van der Waals surface area contributed by atoms with Gasteiger partial charge in [-0.3, -0.25) is 33.8 Å². The lowest BCUT2D eigenvalue weighted by Crippen LogP contribution is -2.59. The van der Waals surface area contributed by atoms with E-state index in [9.17, 15) is 38.7 Å². The molecule has 20 heteroatoms. The molecule has 0 saturated carbocycles. The molecule has 5 amide bonds. The highest BCUT2D eigenvalue weighted by Crippen LogP contribution is 2.21. The molecule has 1 aromatic heterocycles. The van der Waals surface area contributed by atoms with Gasteiger partial charge in [0.1, 0.15) is 30.2 Å². The molecule has 1 aliphatic heterocycles. The van der Waals surface area contributed by atoms with Gasteiger partial charge in [-0.2, -0.15) is 0 Å². The SMILES string of the molecule is CC(C)C[C@H](NC(=O)[C@@H]1CCCN1C(=O)[C@H](CCCN=C(N)N)NC(=O)[C@H](Cc1cnc[nH]1)NC(=O)CN)C(=O)N[C@@H](CC(=O)O)C(=O)O. The van der Waals surface area contributed by atoms with Gasteiger partial charge < -0.3 is 58.6 Å². The maximum absolute atomic E-state index is 14.0. The summed E-state index contributed by atoms with van der Waals surface area (Å²) in [6.45, 7) is 3.45. The first-order chi connectivity index (χ1) is 23.1. The van der Waals surface area contributed by atoms with Crippen molar-refractivity contribution in [1.82, 2.24) is 36.1 Å². The molecule has 0 aromatic carbocycles.